The molecule has 0 saturated heterocycles. The van der Waals surface area contributed by atoms with E-state index in [0.717, 1.165) is 0 Å². The summed E-state index contributed by atoms with van der Waals surface area (Å²) >= 11 is 0. The van der Waals surface area contributed by atoms with Crippen LogP contribution in [-0.2, 0) is 25.2 Å². The maximum Gasteiger partial charge on any atom is 0 e. The molecule has 0 bridgehead atoms. The molecule has 62 valence electrons. The van der Waals surface area contributed by atoms with Gasteiger partial charge in [-0.05, 0) is 0 Å². The van der Waals surface area contributed by atoms with E-state index in [-0.39, 0.29) is 21.1 Å². The number of hydrogen-bond donors (Lipinski definition) is 0. The Hall–Kier alpha value is 0.842. The molecule has 0 spiro atoms. The van der Waals surface area contributed by atoms with Crippen molar-refractivity contribution >= 4 is 18.1 Å². The van der Waals surface area contributed by atoms with Gasteiger partial charge in [0, 0.05) is 21.1 Å². The van der Waals surface area contributed by atoms with E-state index in [1.165, 1.54) is 0 Å². The van der Waals surface area contributed by atoms with Gasteiger partial charge in [0.2, 0.25) is 0 Å². The van der Waals surface area contributed by atoms with Crippen LogP contribution in [0.25, 0.3) is 0 Å². The zero-order valence-corrected chi connectivity index (χ0v) is 8.27. The molecule has 0 aliphatic rings. The van der Waals surface area contributed by atoms with Gasteiger partial charge in [0.15, 0.2) is 0 Å². The summed E-state index contributed by atoms with van der Waals surface area (Å²) in [5, 5.41) is 0. The van der Waals surface area contributed by atoms with E-state index < -0.39 is 18.1 Å². The number of rotatable bonds is 2. The molecular weight excluding hydrogens is 264 g/mol. The zero-order valence-electron chi connectivity index (χ0n) is 4.27. The fourth-order valence-electron chi connectivity index (χ4n) is 0.153. The van der Waals surface area contributed by atoms with Crippen LogP contribution in [0, 0.1) is 0 Å². The van der Waals surface area contributed by atoms with E-state index in [9.17, 15) is 28.8 Å². The van der Waals surface area contributed by atoms with Gasteiger partial charge in [-0.2, -0.15) is 0 Å². The van der Waals surface area contributed by atoms with E-state index in [0.29, 0.717) is 0 Å². The van der Waals surface area contributed by atoms with E-state index in [1.54, 1.807) is 0 Å². The molecule has 0 aromatic carbocycles. The monoisotopic (exact) mass is 266 g/mol. The SMILES string of the molecule is [Mo].[O-][Si]([O-])([O-])O[Si]([O-])([O-])[O-]. The molecule has 10 heavy (non-hydrogen) atoms. The first-order chi connectivity index (χ1) is 3.71. The molecular formula is MoO7Si2-6. The summed E-state index contributed by atoms with van der Waals surface area (Å²) in [4.78, 5) is 56.2. The van der Waals surface area contributed by atoms with Crippen LogP contribution in [0.15, 0.2) is 0 Å². The largest absolute Gasteiger partial charge is 0.862 e. The predicted molar refractivity (Wildman–Crippen MR) is 12.6 cm³/mol. The van der Waals surface area contributed by atoms with Crippen LogP contribution in [0.3, 0.4) is 0 Å². The summed E-state index contributed by atoms with van der Waals surface area (Å²) in [5.41, 5.74) is 0. The third-order valence-corrected chi connectivity index (χ3v) is 2.25. The summed E-state index contributed by atoms with van der Waals surface area (Å²) in [6.45, 7) is 0. The van der Waals surface area contributed by atoms with Gasteiger partial charge < -0.3 is 32.9 Å². The van der Waals surface area contributed by atoms with Gasteiger partial charge in [0.05, 0.1) is 0 Å². The molecule has 0 heterocycles. The topological polar surface area (TPSA) is 148 Å². The molecule has 0 atom stereocenters. The molecule has 0 aliphatic carbocycles. The second kappa shape index (κ2) is 4.02. The van der Waals surface area contributed by atoms with Crippen LogP contribution >= 0.6 is 0 Å². The van der Waals surface area contributed by atoms with E-state index in [1.807, 2.05) is 0 Å². The first-order valence-electron chi connectivity index (χ1n) is 1.63. The van der Waals surface area contributed by atoms with E-state index in [4.69, 9.17) is 0 Å². The fraction of sp³-hybridized carbons (Fsp3) is 0. The van der Waals surface area contributed by atoms with Gasteiger partial charge in [-0.15, -0.1) is 18.1 Å². The van der Waals surface area contributed by atoms with Crippen LogP contribution in [0.4, 0.5) is 0 Å². The van der Waals surface area contributed by atoms with Crippen LogP contribution in [0.2, 0.25) is 0 Å². The molecule has 0 rings (SSSR count). The molecule has 0 fully saturated rings. The predicted octanol–water partition coefficient (Wildman–Crippen LogP) is -7.97. The minimum atomic E-state index is -5.92. The molecule has 0 aliphatic heterocycles. The Labute approximate surface area is 72.4 Å². The molecule has 7 nitrogen and oxygen atoms in total. The van der Waals surface area contributed by atoms with Crippen LogP contribution in [-0.4, -0.2) is 18.1 Å². The van der Waals surface area contributed by atoms with Crippen molar-refractivity contribution in [1.29, 1.82) is 0 Å². The van der Waals surface area contributed by atoms with Crippen LogP contribution in [0.1, 0.15) is 0 Å². The van der Waals surface area contributed by atoms with Gasteiger partial charge in [-0.1, -0.05) is 0 Å². The summed E-state index contributed by atoms with van der Waals surface area (Å²) < 4.78 is 2.57. The van der Waals surface area contributed by atoms with Crippen molar-refractivity contribution in [3.8, 4) is 0 Å². The Morgan fingerprint density at radius 1 is 0.700 bits per heavy atom. The van der Waals surface area contributed by atoms with Gasteiger partial charge >= 0.3 is 0 Å². The van der Waals surface area contributed by atoms with Crippen LogP contribution < -0.4 is 28.8 Å². The minimum Gasteiger partial charge on any atom is -0.862 e. The molecule has 0 aromatic heterocycles. The Kier molecular flexibility index (Phi) is 5.39. The standard InChI is InChI=1S/Mo.O7Si2/c;1-8(2,3)7-9(4,5)6/q;-6. The van der Waals surface area contributed by atoms with E-state index in [2.05, 4.69) is 4.12 Å². The Morgan fingerprint density at radius 2 is 0.900 bits per heavy atom. The molecule has 10 heteroatoms. The molecule has 0 unspecified atom stereocenters. The average Bonchev–Trinajstić information content (AvgIpc) is 1.14. The number of hydrogen-bond acceptors (Lipinski definition) is 7. The second-order valence-electron chi connectivity index (χ2n) is 1.10. The van der Waals surface area contributed by atoms with Crippen molar-refractivity contribution in [3.63, 3.8) is 0 Å². The molecule has 0 saturated carbocycles. The first-order valence-corrected chi connectivity index (χ1v) is 4.90. The summed E-state index contributed by atoms with van der Waals surface area (Å²) in [6, 6.07) is 0. The third-order valence-electron chi connectivity index (χ3n) is 0.250. The summed E-state index contributed by atoms with van der Waals surface area (Å²) in [5.74, 6) is 0. The molecule has 0 aromatic rings. The molecule has 0 N–H and O–H groups in total. The smallest absolute Gasteiger partial charge is 0 e. The Morgan fingerprint density at radius 3 is 0.900 bits per heavy atom. The van der Waals surface area contributed by atoms with Gasteiger partial charge in [0.1, 0.15) is 0 Å². The van der Waals surface area contributed by atoms with Gasteiger partial charge in [0.25, 0.3) is 0 Å². The van der Waals surface area contributed by atoms with Crippen molar-refractivity contribution in [1.82, 2.24) is 0 Å². The second-order valence-corrected chi connectivity index (χ2v) is 3.92. The Bertz CT molecular complexity index is 76.8. The fourth-order valence-corrected chi connectivity index (χ4v) is 1.38. The normalized spacial score (nSPS) is 12.6. The van der Waals surface area contributed by atoms with Gasteiger partial charge in [-0.3, -0.25) is 0 Å². The van der Waals surface area contributed by atoms with Crippen molar-refractivity contribution in [2.75, 3.05) is 0 Å². The van der Waals surface area contributed by atoms with Crippen molar-refractivity contribution in [2.45, 2.75) is 0 Å². The maximum absolute atomic E-state index is 9.36. The van der Waals surface area contributed by atoms with Crippen LogP contribution in [0.5, 0.6) is 0 Å². The summed E-state index contributed by atoms with van der Waals surface area (Å²) in [6.07, 6.45) is 0. The zero-order chi connectivity index (χ0) is 7.71. The first kappa shape index (κ1) is 13.4. The Balaban J connectivity index is 0. The quantitative estimate of drug-likeness (QED) is 0.449. The summed E-state index contributed by atoms with van der Waals surface area (Å²) in [7, 11) is -11.8. The van der Waals surface area contributed by atoms with E-state index >= 15 is 0 Å². The average molecular weight is 264 g/mol. The molecule has 0 radical (unpaired) electrons. The molecule has 0 amide bonds. The van der Waals surface area contributed by atoms with Crippen molar-refractivity contribution in [3.05, 3.63) is 0 Å². The minimum absolute atomic E-state index is 0. The maximum atomic E-state index is 9.36. The van der Waals surface area contributed by atoms with Gasteiger partial charge in [-0.25, -0.2) is 0 Å². The third kappa shape index (κ3) is 11.6. The van der Waals surface area contributed by atoms with Crippen molar-refractivity contribution < 1.29 is 54.0 Å². The van der Waals surface area contributed by atoms with Crippen molar-refractivity contribution in [2.24, 2.45) is 0 Å².